The molecule has 2 aromatic rings. The van der Waals surface area contributed by atoms with Crippen molar-refractivity contribution in [2.24, 2.45) is 0 Å². The second-order valence-electron chi connectivity index (χ2n) is 4.76. The van der Waals surface area contributed by atoms with E-state index in [1.807, 2.05) is 12.1 Å². The molecular formula is C15H21N3O. The molecule has 19 heavy (non-hydrogen) atoms. The lowest BCUT2D eigenvalue weighted by molar-refractivity contribution is 0.291. The normalized spacial score (nSPS) is 12.3. The first kappa shape index (κ1) is 13.5. The molecule has 0 bridgehead atoms. The van der Waals surface area contributed by atoms with Crippen LogP contribution in [0.5, 0.6) is 5.75 Å². The smallest absolute Gasteiger partial charge is 0.119 e. The van der Waals surface area contributed by atoms with E-state index in [4.69, 9.17) is 10.5 Å². The summed E-state index contributed by atoms with van der Waals surface area (Å²) in [6, 6.07) is 8.32. The Morgan fingerprint density at radius 2 is 2.05 bits per heavy atom. The second-order valence-corrected chi connectivity index (χ2v) is 4.76. The number of nitrogens with zero attached hydrogens (tertiary/aromatic N) is 2. The van der Waals surface area contributed by atoms with Crippen molar-refractivity contribution in [2.45, 2.75) is 32.7 Å². The fraction of sp³-hybridized carbons (Fsp3) is 0.400. The summed E-state index contributed by atoms with van der Waals surface area (Å²) in [5.74, 6) is 1.49. The molecule has 1 heterocycles. The molecule has 0 saturated heterocycles. The van der Waals surface area contributed by atoms with Crippen LogP contribution in [0.1, 0.15) is 31.7 Å². The van der Waals surface area contributed by atoms with Crippen molar-refractivity contribution in [2.75, 3.05) is 12.3 Å². The zero-order chi connectivity index (χ0) is 13.7. The lowest BCUT2D eigenvalue weighted by atomic mass is 9.99. The predicted octanol–water partition coefficient (Wildman–Crippen LogP) is 3.06. The third-order valence-corrected chi connectivity index (χ3v) is 3.30. The molecule has 0 aliphatic rings. The quantitative estimate of drug-likeness (QED) is 0.867. The minimum Gasteiger partial charge on any atom is -0.492 e. The van der Waals surface area contributed by atoms with Crippen LogP contribution in [-0.4, -0.2) is 16.4 Å². The Labute approximate surface area is 114 Å². The third kappa shape index (κ3) is 3.74. The standard InChI is InChI=1S/C15H21N3O/c1-3-12(2)13-4-6-15(7-5-13)19-9-8-18-11-14(16)10-17-18/h4-7,10-12H,3,8-9,16H2,1-2H3. The first-order chi connectivity index (χ1) is 9.19. The summed E-state index contributed by atoms with van der Waals surface area (Å²) in [6.45, 7) is 5.72. The van der Waals surface area contributed by atoms with Crippen molar-refractivity contribution in [3.63, 3.8) is 0 Å². The molecule has 0 aliphatic carbocycles. The Morgan fingerprint density at radius 3 is 2.63 bits per heavy atom. The van der Waals surface area contributed by atoms with Gasteiger partial charge in [-0.25, -0.2) is 0 Å². The molecule has 0 amide bonds. The lowest BCUT2D eigenvalue weighted by Crippen LogP contribution is -2.08. The van der Waals surface area contributed by atoms with Gasteiger partial charge in [-0.2, -0.15) is 5.10 Å². The summed E-state index contributed by atoms with van der Waals surface area (Å²) in [4.78, 5) is 0. The zero-order valence-electron chi connectivity index (χ0n) is 11.5. The van der Waals surface area contributed by atoms with Crippen LogP contribution in [0.4, 0.5) is 5.69 Å². The molecule has 1 atom stereocenters. The Kier molecular flexibility index (Phi) is 4.44. The van der Waals surface area contributed by atoms with E-state index in [2.05, 4.69) is 31.1 Å². The molecule has 2 N–H and O–H groups in total. The monoisotopic (exact) mass is 259 g/mol. The highest BCUT2D eigenvalue weighted by molar-refractivity contribution is 5.30. The van der Waals surface area contributed by atoms with Crippen LogP contribution in [0.25, 0.3) is 0 Å². The van der Waals surface area contributed by atoms with Crippen LogP contribution in [0.3, 0.4) is 0 Å². The molecule has 0 aliphatic heterocycles. The zero-order valence-corrected chi connectivity index (χ0v) is 11.5. The molecule has 0 spiro atoms. The van der Waals surface area contributed by atoms with Gasteiger partial charge in [0.05, 0.1) is 18.4 Å². The Bertz CT molecular complexity index is 504. The van der Waals surface area contributed by atoms with Gasteiger partial charge in [0.2, 0.25) is 0 Å². The molecule has 102 valence electrons. The minimum absolute atomic E-state index is 0.587. The van der Waals surface area contributed by atoms with Crippen LogP contribution < -0.4 is 10.5 Å². The van der Waals surface area contributed by atoms with Crippen LogP contribution in [0, 0.1) is 0 Å². The maximum Gasteiger partial charge on any atom is 0.119 e. The predicted molar refractivity (Wildman–Crippen MR) is 77.3 cm³/mol. The molecule has 4 heteroatoms. The van der Waals surface area contributed by atoms with E-state index in [1.54, 1.807) is 17.1 Å². The van der Waals surface area contributed by atoms with Gasteiger partial charge >= 0.3 is 0 Å². The topological polar surface area (TPSA) is 53.1 Å². The van der Waals surface area contributed by atoms with E-state index in [1.165, 1.54) is 5.56 Å². The highest BCUT2D eigenvalue weighted by Gasteiger charge is 2.02. The lowest BCUT2D eigenvalue weighted by Gasteiger charge is -2.10. The molecule has 1 unspecified atom stereocenters. The molecule has 0 radical (unpaired) electrons. The fourth-order valence-corrected chi connectivity index (χ4v) is 1.89. The first-order valence-corrected chi connectivity index (χ1v) is 6.69. The number of hydrogen-bond acceptors (Lipinski definition) is 3. The molecule has 2 rings (SSSR count). The van der Waals surface area contributed by atoms with Gasteiger partial charge in [-0.1, -0.05) is 26.0 Å². The van der Waals surface area contributed by atoms with Crippen LogP contribution >= 0.6 is 0 Å². The molecule has 0 saturated carbocycles. The second kappa shape index (κ2) is 6.27. The van der Waals surface area contributed by atoms with E-state index in [-0.39, 0.29) is 0 Å². The largest absolute Gasteiger partial charge is 0.492 e. The molecule has 0 fully saturated rings. The van der Waals surface area contributed by atoms with Gasteiger partial charge in [0.25, 0.3) is 0 Å². The number of benzene rings is 1. The molecule has 4 nitrogen and oxygen atoms in total. The van der Waals surface area contributed by atoms with E-state index in [0.717, 1.165) is 12.2 Å². The van der Waals surface area contributed by atoms with Crippen molar-refractivity contribution < 1.29 is 4.74 Å². The number of nitrogens with two attached hydrogens (primary N) is 1. The van der Waals surface area contributed by atoms with Gasteiger partial charge in [-0.05, 0) is 30.0 Å². The number of hydrogen-bond donors (Lipinski definition) is 1. The fourth-order valence-electron chi connectivity index (χ4n) is 1.89. The number of aromatic nitrogens is 2. The Morgan fingerprint density at radius 1 is 1.32 bits per heavy atom. The first-order valence-electron chi connectivity index (χ1n) is 6.69. The van der Waals surface area contributed by atoms with E-state index in [9.17, 15) is 0 Å². The summed E-state index contributed by atoms with van der Waals surface area (Å²) >= 11 is 0. The summed E-state index contributed by atoms with van der Waals surface area (Å²) in [5.41, 5.74) is 7.63. The molecule has 1 aromatic heterocycles. The van der Waals surface area contributed by atoms with Crippen LogP contribution in [0.15, 0.2) is 36.7 Å². The van der Waals surface area contributed by atoms with Crippen molar-refractivity contribution in [1.29, 1.82) is 0 Å². The van der Waals surface area contributed by atoms with Crippen molar-refractivity contribution in [3.05, 3.63) is 42.2 Å². The Balaban J connectivity index is 1.83. The van der Waals surface area contributed by atoms with Gasteiger partial charge in [0.1, 0.15) is 12.4 Å². The average Bonchev–Trinajstić information content (AvgIpc) is 2.84. The summed E-state index contributed by atoms with van der Waals surface area (Å²) in [5, 5.41) is 4.11. The number of ether oxygens (including phenoxy) is 1. The van der Waals surface area contributed by atoms with Gasteiger partial charge < -0.3 is 10.5 Å². The summed E-state index contributed by atoms with van der Waals surface area (Å²) in [7, 11) is 0. The molecule has 1 aromatic carbocycles. The van der Waals surface area contributed by atoms with E-state index < -0.39 is 0 Å². The summed E-state index contributed by atoms with van der Waals surface area (Å²) in [6.07, 6.45) is 4.59. The highest BCUT2D eigenvalue weighted by Crippen LogP contribution is 2.21. The van der Waals surface area contributed by atoms with Gasteiger partial charge in [-0.3, -0.25) is 4.68 Å². The average molecular weight is 259 g/mol. The van der Waals surface area contributed by atoms with E-state index >= 15 is 0 Å². The third-order valence-electron chi connectivity index (χ3n) is 3.30. The van der Waals surface area contributed by atoms with Crippen molar-refractivity contribution in [1.82, 2.24) is 9.78 Å². The number of anilines is 1. The van der Waals surface area contributed by atoms with Crippen LogP contribution in [0.2, 0.25) is 0 Å². The maximum atomic E-state index is 5.69. The van der Waals surface area contributed by atoms with Gasteiger partial charge in [-0.15, -0.1) is 0 Å². The number of rotatable bonds is 6. The highest BCUT2D eigenvalue weighted by atomic mass is 16.5. The van der Waals surface area contributed by atoms with E-state index in [0.29, 0.717) is 24.8 Å². The van der Waals surface area contributed by atoms with Crippen molar-refractivity contribution in [3.8, 4) is 5.75 Å². The van der Waals surface area contributed by atoms with Crippen LogP contribution in [-0.2, 0) is 6.54 Å². The minimum atomic E-state index is 0.587. The van der Waals surface area contributed by atoms with Gasteiger partial charge in [0, 0.05) is 6.20 Å². The molecular weight excluding hydrogens is 238 g/mol. The summed E-state index contributed by atoms with van der Waals surface area (Å²) < 4.78 is 7.47. The van der Waals surface area contributed by atoms with Crippen molar-refractivity contribution >= 4 is 5.69 Å². The Hall–Kier alpha value is -1.97. The SMILES string of the molecule is CCC(C)c1ccc(OCCn2cc(N)cn2)cc1. The number of nitrogen functional groups attached to an aromatic ring is 1. The van der Waals surface area contributed by atoms with Gasteiger partial charge in [0.15, 0.2) is 0 Å². The maximum absolute atomic E-state index is 5.69.